The standard InChI is InChI=1S/C23H22N4O/c1-15-13-17-7-3-5-9-20(17)26(15)22(28)19-11-12-24-23(25-19)27-16(2)14-18-8-4-6-10-21(18)27/h3-12,15-16H,13-14H2,1-2H3. The topological polar surface area (TPSA) is 49.3 Å². The lowest BCUT2D eigenvalue weighted by molar-refractivity contribution is 0.0976. The molecule has 5 rings (SSSR count). The Morgan fingerprint density at radius 1 is 0.893 bits per heavy atom. The van der Waals surface area contributed by atoms with Crippen LogP contribution in [-0.2, 0) is 12.8 Å². The van der Waals surface area contributed by atoms with E-state index in [1.165, 1.54) is 11.1 Å². The summed E-state index contributed by atoms with van der Waals surface area (Å²) in [6, 6.07) is 18.5. The van der Waals surface area contributed by atoms with Crippen LogP contribution in [0.2, 0.25) is 0 Å². The zero-order valence-corrected chi connectivity index (χ0v) is 16.0. The predicted octanol–water partition coefficient (Wildman–Crippen LogP) is 4.15. The molecular formula is C23H22N4O. The van der Waals surface area contributed by atoms with Crippen LogP contribution in [0.5, 0.6) is 0 Å². The normalized spacial score (nSPS) is 20.2. The Kier molecular flexibility index (Phi) is 3.90. The summed E-state index contributed by atoms with van der Waals surface area (Å²) in [5, 5.41) is 0. The average molecular weight is 370 g/mol. The molecule has 3 aromatic rings. The first-order valence-corrected chi connectivity index (χ1v) is 9.75. The molecule has 0 aliphatic carbocycles. The molecule has 3 heterocycles. The zero-order chi connectivity index (χ0) is 19.3. The van der Waals surface area contributed by atoms with Crippen LogP contribution in [0.3, 0.4) is 0 Å². The highest BCUT2D eigenvalue weighted by atomic mass is 16.2. The van der Waals surface area contributed by atoms with Gasteiger partial charge in [-0.3, -0.25) is 4.79 Å². The van der Waals surface area contributed by atoms with Crippen molar-refractivity contribution in [2.75, 3.05) is 9.80 Å². The Hall–Kier alpha value is -3.21. The summed E-state index contributed by atoms with van der Waals surface area (Å²) in [5.74, 6) is 0.518. The second-order valence-corrected chi connectivity index (χ2v) is 7.65. The van der Waals surface area contributed by atoms with E-state index in [0.717, 1.165) is 24.2 Å². The lowest BCUT2D eigenvalue weighted by Gasteiger charge is -2.25. The Morgan fingerprint density at radius 3 is 2.32 bits per heavy atom. The van der Waals surface area contributed by atoms with Crippen molar-refractivity contribution >= 4 is 23.2 Å². The first kappa shape index (κ1) is 16.9. The van der Waals surface area contributed by atoms with Gasteiger partial charge in [-0.25, -0.2) is 9.97 Å². The van der Waals surface area contributed by atoms with Gasteiger partial charge in [0.15, 0.2) is 0 Å². The summed E-state index contributed by atoms with van der Waals surface area (Å²) in [6.45, 7) is 4.25. The molecule has 0 saturated carbocycles. The summed E-state index contributed by atoms with van der Waals surface area (Å²) in [6.07, 6.45) is 3.51. The lowest BCUT2D eigenvalue weighted by Crippen LogP contribution is -2.36. The Labute approximate surface area is 164 Å². The minimum atomic E-state index is -0.0683. The van der Waals surface area contributed by atoms with E-state index in [0.29, 0.717) is 11.6 Å². The molecule has 0 N–H and O–H groups in total. The fraction of sp³-hybridized carbons (Fsp3) is 0.261. The van der Waals surface area contributed by atoms with Crippen molar-refractivity contribution < 1.29 is 4.79 Å². The van der Waals surface area contributed by atoms with E-state index in [9.17, 15) is 4.79 Å². The minimum absolute atomic E-state index is 0.0683. The van der Waals surface area contributed by atoms with E-state index >= 15 is 0 Å². The van der Waals surface area contributed by atoms with E-state index in [1.807, 2.05) is 29.2 Å². The minimum Gasteiger partial charge on any atom is -0.307 e. The third kappa shape index (κ3) is 2.58. The van der Waals surface area contributed by atoms with Crippen molar-refractivity contribution in [3.05, 3.63) is 77.6 Å². The number of nitrogens with zero attached hydrogens (tertiary/aromatic N) is 4. The number of benzene rings is 2. The molecule has 0 radical (unpaired) electrons. The van der Waals surface area contributed by atoms with Crippen LogP contribution >= 0.6 is 0 Å². The molecule has 2 aliphatic rings. The van der Waals surface area contributed by atoms with Gasteiger partial charge in [0.2, 0.25) is 5.95 Å². The van der Waals surface area contributed by atoms with Gasteiger partial charge in [0.05, 0.1) is 0 Å². The van der Waals surface area contributed by atoms with Crippen molar-refractivity contribution in [2.24, 2.45) is 0 Å². The summed E-state index contributed by atoms with van der Waals surface area (Å²) in [4.78, 5) is 26.5. The fourth-order valence-corrected chi connectivity index (χ4v) is 4.45. The van der Waals surface area contributed by atoms with E-state index in [-0.39, 0.29) is 18.0 Å². The number of para-hydroxylation sites is 2. The van der Waals surface area contributed by atoms with Crippen molar-refractivity contribution in [2.45, 2.75) is 38.8 Å². The SMILES string of the molecule is CC1Cc2ccccc2N1C(=O)c1ccnc(N2c3ccccc3CC2C)n1. The van der Waals surface area contributed by atoms with E-state index in [4.69, 9.17) is 0 Å². The third-order valence-electron chi connectivity index (χ3n) is 5.71. The highest BCUT2D eigenvalue weighted by Crippen LogP contribution is 2.37. The van der Waals surface area contributed by atoms with Crippen LogP contribution in [-0.4, -0.2) is 28.0 Å². The lowest BCUT2D eigenvalue weighted by atomic mass is 10.1. The van der Waals surface area contributed by atoms with Crippen LogP contribution < -0.4 is 9.80 Å². The summed E-state index contributed by atoms with van der Waals surface area (Å²) in [5.41, 5.74) is 5.04. The van der Waals surface area contributed by atoms with Gasteiger partial charge < -0.3 is 9.80 Å². The number of hydrogen-bond acceptors (Lipinski definition) is 4. The number of fused-ring (bicyclic) bond motifs is 2. The van der Waals surface area contributed by atoms with Gasteiger partial charge in [-0.15, -0.1) is 0 Å². The van der Waals surface area contributed by atoms with E-state index in [2.05, 4.69) is 53.0 Å². The van der Waals surface area contributed by atoms with Gasteiger partial charge in [0.1, 0.15) is 5.69 Å². The summed E-state index contributed by atoms with van der Waals surface area (Å²) >= 11 is 0. The highest BCUT2D eigenvalue weighted by Gasteiger charge is 2.33. The number of carbonyl (C=O) groups excluding carboxylic acids is 1. The molecule has 28 heavy (non-hydrogen) atoms. The monoisotopic (exact) mass is 370 g/mol. The maximum Gasteiger partial charge on any atom is 0.277 e. The van der Waals surface area contributed by atoms with Gasteiger partial charge in [0, 0.05) is 29.7 Å². The molecule has 1 aromatic heterocycles. The number of anilines is 3. The Bertz CT molecular complexity index is 1060. The molecular weight excluding hydrogens is 348 g/mol. The second kappa shape index (κ2) is 6.44. The number of hydrogen-bond donors (Lipinski definition) is 0. The van der Waals surface area contributed by atoms with Crippen LogP contribution in [0.15, 0.2) is 60.8 Å². The number of amides is 1. The molecule has 140 valence electrons. The molecule has 5 heteroatoms. The Morgan fingerprint density at radius 2 is 1.54 bits per heavy atom. The van der Waals surface area contributed by atoms with Gasteiger partial charge in [-0.2, -0.15) is 0 Å². The van der Waals surface area contributed by atoms with Crippen LogP contribution in [0, 0.1) is 0 Å². The molecule has 0 saturated heterocycles. The first-order valence-electron chi connectivity index (χ1n) is 9.75. The predicted molar refractivity (Wildman–Crippen MR) is 110 cm³/mol. The fourth-order valence-electron chi connectivity index (χ4n) is 4.45. The van der Waals surface area contributed by atoms with Crippen molar-refractivity contribution in [3.63, 3.8) is 0 Å². The molecule has 2 atom stereocenters. The molecule has 2 unspecified atom stereocenters. The summed E-state index contributed by atoms with van der Waals surface area (Å²) in [7, 11) is 0. The third-order valence-corrected chi connectivity index (χ3v) is 5.71. The van der Waals surface area contributed by atoms with Gasteiger partial charge in [-0.05, 0) is 56.0 Å². The molecule has 2 aromatic carbocycles. The van der Waals surface area contributed by atoms with Crippen LogP contribution in [0.1, 0.15) is 35.5 Å². The van der Waals surface area contributed by atoms with E-state index < -0.39 is 0 Å². The molecule has 0 bridgehead atoms. The van der Waals surface area contributed by atoms with Gasteiger partial charge in [0.25, 0.3) is 5.91 Å². The molecule has 0 fully saturated rings. The first-order chi connectivity index (χ1) is 13.6. The molecule has 1 amide bonds. The zero-order valence-electron chi connectivity index (χ0n) is 16.0. The van der Waals surface area contributed by atoms with E-state index in [1.54, 1.807) is 12.3 Å². The average Bonchev–Trinajstić information content (AvgIpc) is 3.22. The van der Waals surface area contributed by atoms with Crippen molar-refractivity contribution in [1.82, 2.24) is 9.97 Å². The molecule has 2 aliphatic heterocycles. The van der Waals surface area contributed by atoms with Gasteiger partial charge >= 0.3 is 0 Å². The molecule has 0 spiro atoms. The quantitative estimate of drug-likeness (QED) is 0.680. The van der Waals surface area contributed by atoms with Crippen molar-refractivity contribution in [1.29, 1.82) is 0 Å². The van der Waals surface area contributed by atoms with Gasteiger partial charge in [-0.1, -0.05) is 36.4 Å². The number of rotatable bonds is 2. The van der Waals surface area contributed by atoms with Crippen LogP contribution in [0.25, 0.3) is 0 Å². The highest BCUT2D eigenvalue weighted by molar-refractivity contribution is 6.06. The molecule has 5 nitrogen and oxygen atoms in total. The smallest absolute Gasteiger partial charge is 0.277 e. The number of carbonyl (C=O) groups is 1. The van der Waals surface area contributed by atoms with Crippen LogP contribution in [0.4, 0.5) is 17.3 Å². The largest absolute Gasteiger partial charge is 0.307 e. The maximum absolute atomic E-state index is 13.3. The number of aromatic nitrogens is 2. The maximum atomic E-state index is 13.3. The summed E-state index contributed by atoms with van der Waals surface area (Å²) < 4.78 is 0. The van der Waals surface area contributed by atoms with Crippen molar-refractivity contribution in [3.8, 4) is 0 Å². The second-order valence-electron chi connectivity index (χ2n) is 7.65. The Balaban J connectivity index is 1.51.